The molecule has 0 aromatic carbocycles. The van der Waals surface area contributed by atoms with Crippen LogP contribution in [0.1, 0.15) is 20.3 Å². The second-order valence-corrected chi connectivity index (χ2v) is 5.44. The number of hydrogen-bond donors (Lipinski definition) is 1. The molecule has 1 rings (SSSR count). The van der Waals surface area contributed by atoms with E-state index in [1.54, 1.807) is 12.0 Å². The van der Waals surface area contributed by atoms with Crippen molar-refractivity contribution in [3.05, 3.63) is 0 Å². The van der Waals surface area contributed by atoms with Crippen LogP contribution in [0.3, 0.4) is 0 Å². The maximum Gasteiger partial charge on any atom is 0.314 e. The first-order chi connectivity index (χ1) is 8.54. The van der Waals surface area contributed by atoms with Crippen molar-refractivity contribution >= 4 is 6.03 Å². The third kappa shape index (κ3) is 4.82. The lowest BCUT2D eigenvalue weighted by atomic mass is 9.96. The molecule has 0 aromatic rings. The first kappa shape index (κ1) is 15.2. The molecule has 0 bridgehead atoms. The van der Waals surface area contributed by atoms with Gasteiger partial charge in [0.05, 0.1) is 6.61 Å². The molecular weight excluding hydrogens is 230 g/mol. The Bertz CT molecular complexity index is 259. The molecule has 18 heavy (non-hydrogen) atoms. The van der Waals surface area contributed by atoms with E-state index in [0.717, 1.165) is 45.8 Å². The minimum atomic E-state index is -0.297. The number of nitrogens with zero attached hydrogens (tertiary/aromatic N) is 2. The third-order valence-electron chi connectivity index (χ3n) is 3.72. The molecule has 0 saturated carbocycles. The summed E-state index contributed by atoms with van der Waals surface area (Å²) in [7, 11) is 1.76. The van der Waals surface area contributed by atoms with E-state index >= 15 is 0 Å². The number of nitrogens with two attached hydrogens (primary N) is 1. The van der Waals surface area contributed by atoms with Gasteiger partial charge in [0.15, 0.2) is 0 Å². The van der Waals surface area contributed by atoms with Crippen LogP contribution in [0.25, 0.3) is 0 Å². The molecule has 0 spiro atoms. The molecule has 1 heterocycles. The maximum atomic E-state index is 11.2. The number of carbonyl (C=O) groups is 1. The summed E-state index contributed by atoms with van der Waals surface area (Å²) in [6.07, 6.45) is 1.00. The van der Waals surface area contributed by atoms with Crippen LogP contribution in [0.4, 0.5) is 4.79 Å². The molecule has 1 aliphatic rings. The van der Waals surface area contributed by atoms with Gasteiger partial charge in [-0.25, -0.2) is 4.79 Å². The molecule has 5 nitrogen and oxygen atoms in total. The minimum absolute atomic E-state index is 0.297. The fourth-order valence-electron chi connectivity index (χ4n) is 2.38. The van der Waals surface area contributed by atoms with Gasteiger partial charge in [-0.2, -0.15) is 0 Å². The van der Waals surface area contributed by atoms with Gasteiger partial charge in [0.1, 0.15) is 0 Å². The number of rotatable bonds is 5. The Labute approximate surface area is 110 Å². The Morgan fingerprint density at radius 3 is 2.56 bits per heavy atom. The first-order valence-electron chi connectivity index (χ1n) is 6.80. The summed E-state index contributed by atoms with van der Waals surface area (Å²) in [5.41, 5.74) is 5.33. The average Bonchev–Trinajstić information content (AvgIpc) is 2.54. The molecule has 106 valence electrons. The largest absolute Gasteiger partial charge is 0.384 e. The normalized spacial score (nSPS) is 19.9. The standard InChI is InChI=1S/C13H27N3O2/c1-11(2)12(10-18-3)9-15-5-4-6-16(8-7-15)13(14)17/h11-12H,4-10H2,1-3H3,(H2,14,17). The first-order valence-corrected chi connectivity index (χ1v) is 6.80. The summed E-state index contributed by atoms with van der Waals surface area (Å²) in [6.45, 7) is 9.78. The minimum Gasteiger partial charge on any atom is -0.384 e. The van der Waals surface area contributed by atoms with Crippen molar-refractivity contribution in [2.75, 3.05) is 46.4 Å². The van der Waals surface area contributed by atoms with Crippen molar-refractivity contribution < 1.29 is 9.53 Å². The van der Waals surface area contributed by atoms with E-state index in [1.807, 2.05) is 0 Å². The van der Waals surface area contributed by atoms with E-state index < -0.39 is 0 Å². The van der Waals surface area contributed by atoms with Gasteiger partial charge in [-0.05, 0) is 24.8 Å². The Morgan fingerprint density at radius 2 is 2.00 bits per heavy atom. The Hall–Kier alpha value is -0.810. The number of primary amides is 1. The molecule has 1 unspecified atom stereocenters. The Balaban J connectivity index is 2.44. The average molecular weight is 257 g/mol. The molecule has 1 fully saturated rings. The van der Waals surface area contributed by atoms with Gasteiger partial charge < -0.3 is 20.3 Å². The van der Waals surface area contributed by atoms with Crippen LogP contribution in [-0.4, -0.2) is 62.3 Å². The Morgan fingerprint density at radius 1 is 1.28 bits per heavy atom. The topological polar surface area (TPSA) is 58.8 Å². The van der Waals surface area contributed by atoms with Crippen LogP contribution in [0.15, 0.2) is 0 Å². The van der Waals surface area contributed by atoms with E-state index in [-0.39, 0.29) is 6.03 Å². The maximum absolute atomic E-state index is 11.2. The smallest absolute Gasteiger partial charge is 0.314 e. The quantitative estimate of drug-likeness (QED) is 0.799. The number of methoxy groups -OCH3 is 1. The van der Waals surface area contributed by atoms with Crippen LogP contribution in [0.5, 0.6) is 0 Å². The highest BCUT2D eigenvalue weighted by Crippen LogP contribution is 2.14. The molecule has 0 radical (unpaired) electrons. The van der Waals surface area contributed by atoms with E-state index in [2.05, 4.69) is 18.7 Å². The lowest BCUT2D eigenvalue weighted by Crippen LogP contribution is -2.40. The van der Waals surface area contributed by atoms with E-state index in [0.29, 0.717) is 11.8 Å². The van der Waals surface area contributed by atoms with Gasteiger partial charge in [-0.1, -0.05) is 13.8 Å². The fraction of sp³-hybridized carbons (Fsp3) is 0.923. The van der Waals surface area contributed by atoms with Gasteiger partial charge in [0.2, 0.25) is 0 Å². The lowest BCUT2D eigenvalue weighted by Gasteiger charge is -2.28. The zero-order valence-corrected chi connectivity index (χ0v) is 11.9. The van der Waals surface area contributed by atoms with Gasteiger partial charge in [-0.15, -0.1) is 0 Å². The fourth-order valence-corrected chi connectivity index (χ4v) is 2.38. The van der Waals surface area contributed by atoms with Crippen molar-refractivity contribution in [1.29, 1.82) is 0 Å². The molecule has 1 atom stereocenters. The highest BCUT2D eigenvalue weighted by Gasteiger charge is 2.21. The number of ether oxygens (including phenoxy) is 1. The highest BCUT2D eigenvalue weighted by atomic mass is 16.5. The summed E-state index contributed by atoms with van der Waals surface area (Å²) < 4.78 is 5.29. The summed E-state index contributed by atoms with van der Waals surface area (Å²) >= 11 is 0. The van der Waals surface area contributed by atoms with Crippen LogP contribution in [-0.2, 0) is 4.74 Å². The van der Waals surface area contributed by atoms with Crippen LogP contribution < -0.4 is 5.73 Å². The van der Waals surface area contributed by atoms with Gasteiger partial charge in [0, 0.05) is 33.3 Å². The summed E-state index contributed by atoms with van der Waals surface area (Å²) in [5.74, 6) is 1.16. The third-order valence-corrected chi connectivity index (χ3v) is 3.72. The SMILES string of the molecule is COCC(CN1CCCN(C(N)=O)CC1)C(C)C. The molecule has 1 saturated heterocycles. The highest BCUT2D eigenvalue weighted by molar-refractivity contribution is 5.71. The van der Waals surface area contributed by atoms with E-state index in [1.165, 1.54) is 0 Å². The summed E-state index contributed by atoms with van der Waals surface area (Å²) in [6, 6.07) is -0.297. The molecule has 5 heteroatoms. The van der Waals surface area contributed by atoms with E-state index in [4.69, 9.17) is 10.5 Å². The Kier molecular flexibility index (Phi) is 6.43. The monoisotopic (exact) mass is 257 g/mol. The summed E-state index contributed by atoms with van der Waals surface area (Å²) in [5, 5.41) is 0. The van der Waals surface area contributed by atoms with Crippen molar-refractivity contribution in [2.24, 2.45) is 17.6 Å². The predicted molar refractivity (Wildman–Crippen MR) is 72.4 cm³/mol. The summed E-state index contributed by atoms with van der Waals surface area (Å²) in [4.78, 5) is 15.3. The van der Waals surface area contributed by atoms with E-state index in [9.17, 15) is 4.79 Å². The lowest BCUT2D eigenvalue weighted by molar-refractivity contribution is 0.0981. The molecule has 2 amide bonds. The van der Waals surface area contributed by atoms with Crippen molar-refractivity contribution in [2.45, 2.75) is 20.3 Å². The predicted octanol–water partition coefficient (Wildman–Crippen LogP) is 0.991. The molecule has 2 N–H and O–H groups in total. The van der Waals surface area contributed by atoms with Crippen molar-refractivity contribution in [1.82, 2.24) is 9.80 Å². The van der Waals surface area contributed by atoms with Gasteiger partial charge in [-0.3, -0.25) is 0 Å². The van der Waals surface area contributed by atoms with Crippen molar-refractivity contribution in [3.63, 3.8) is 0 Å². The molecule has 0 aliphatic carbocycles. The van der Waals surface area contributed by atoms with Gasteiger partial charge >= 0.3 is 6.03 Å². The number of urea groups is 1. The molecular formula is C13H27N3O2. The second-order valence-electron chi connectivity index (χ2n) is 5.44. The molecule has 0 aromatic heterocycles. The molecule has 1 aliphatic heterocycles. The zero-order chi connectivity index (χ0) is 13.5. The number of hydrogen-bond acceptors (Lipinski definition) is 3. The zero-order valence-electron chi connectivity index (χ0n) is 11.9. The van der Waals surface area contributed by atoms with Crippen LogP contribution >= 0.6 is 0 Å². The second kappa shape index (κ2) is 7.59. The van der Waals surface area contributed by atoms with Gasteiger partial charge in [0.25, 0.3) is 0 Å². The van der Waals surface area contributed by atoms with Crippen LogP contribution in [0.2, 0.25) is 0 Å². The van der Waals surface area contributed by atoms with Crippen LogP contribution in [0, 0.1) is 11.8 Å². The number of amides is 2. The van der Waals surface area contributed by atoms with Crippen molar-refractivity contribution in [3.8, 4) is 0 Å². The number of carbonyl (C=O) groups excluding carboxylic acids is 1.